The zero-order chi connectivity index (χ0) is 15.3. The van der Waals surface area contributed by atoms with Crippen LogP contribution in [0.1, 0.15) is 15.9 Å². The third-order valence-corrected chi connectivity index (χ3v) is 2.57. The number of carbonyl (C=O) groups excluding carboxylic acids is 2. The summed E-state index contributed by atoms with van der Waals surface area (Å²) in [5, 5.41) is 22.1. The lowest BCUT2D eigenvalue weighted by atomic mass is 10.1. The number of hydrogen-bond donors (Lipinski definition) is 2. The van der Waals surface area contributed by atoms with Crippen molar-refractivity contribution in [3.8, 4) is 0 Å². The predicted molar refractivity (Wildman–Crippen MR) is 68.2 cm³/mol. The minimum Gasteiger partial charge on any atom is -0.467 e. The molecule has 108 valence electrons. The second-order valence-electron chi connectivity index (χ2n) is 4.01. The number of methoxy groups -OCH3 is 1. The fourth-order valence-corrected chi connectivity index (χ4v) is 1.55. The molecule has 8 heteroatoms. The number of ether oxygens (including phenoxy) is 1. The Morgan fingerprint density at radius 1 is 1.50 bits per heavy atom. The highest BCUT2D eigenvalue weighted by Crippen LogP contribution is 2.19. The van der Waals surface area contributed by atoms with Gasteiger partial charge in [0.05, 0.1) is 18.6 Å². The van der Waals surface area contributed by atoms with Gasteiger partial charge in [-0.2, -0.15) is 0 Å². The Morgan fingerprint density at radius 3 is 2.65 bits per heavy atom. The highest BCUT2D eigenvalue weighted by Gasteiger charge is 2.25. The Balaban J connectivity index is 3.05. The number of aliphatic hydroxyl groups is 1. The molecule has 20 heavy (non-hydrogen) atoms. The SMILES string of the molecule is COC(=O)C(CO)NC(=O)c1cc(C)ccc1[N+](=O)[O-]. The lowest BCUT2D eigenvalue weighted by Gasteiger charge is -2.14. The van der Waals surface area contributed by atoms with E-state index in [9.17, 15) is 19.7 Å². The molecule has 1 aromatic rings. The number of benzene rings is 1. The number of hydrogen-bond acceptors (Lipinski definition) is 6. The Morgan fingerprint density at radius 2 is 2.15 bits per heavy atom. The smallest absolute Gasteiger partial charge is 0.330 e. The van der Waals surface area contributed by atoms with Crippen LogP contribution in [-0.2, 0) is 9.53 Å². The van der Waals surface area contributed by atoms with Crippen molar-refractivity contribution in [2.75, 3.05) is 13.7 Å². The summed E-state index contributed by atoms with van der Waals surface area (Å²) in [6, 6.07) is 2.77. The number of nitrogens with one attached hydrogen (secondary N) is 1. The van der Waals surface area contributed by atoms with Gasteiger partial charge in [-0.25, -0.2) is 4.79 Å². The van der Waals surface area contributed by atoms with Crippen LogP contribution in [0.5, 0.6) is 0 Å². The monoisotopic (exact) mass is 282 g/mol. The van der Waals surface area contributed by atoms with Gasteiger partial charge in [-0.1, -0.05) is 6.07 Å². The zero-order valence-electron chi connectivity index (χ0n) is 11.0. The average molecular weight is 282 g/mol. The van der Waals surface area contributed by atoms with Gasteiger partial charge < -0.3 is 15.2 Å². The molecule has 0 bridgehead atoms. The molecule has 1 rings (SSSR count). The number of rotatable bonds is 5. The lowest BCUT2D eigenvalue weighted by Crippen LogP contribution is -2.44. The molecule has 0 fully saturated rings. The van der Waals surface area contributed by atoms with Crippen LogP contribution in [0, 0.1) is 17.0 Å². The van der Waals surface area contributed by atoms with E-state index < -0.39 is 29.4 Å². The van der Waals surface area contributed by atoms with Crippen molar-refractivity contribution in [3.05, 3.63) is 39.4 Å². The molecule has 2 N–H and O–H groups in total. The third kappa shape index (κ3) is 3.51. The van der Waals surface area contributed by atoms with E-state index in [1.807, 2.05) is 0 Å². The molecule has 1 aromatic carbocycles. The van der Waals surface area contributed by atoms with Crippen molar-refractivity contribution < 1.29 is 24.4 Å². The zero-order valence-corrected chi connectivity index (χ0v) is 11.0. The van der Waals surface area contributed by atoms with Gasteiger partial charge in [0.25, 0.3) is 11.6 Å². The second-order valence-corrected chi connectivity index (χ2v) is 4.01. The van der Waals surface area contributed by atoms with Crippen molar-refractivity contribution in [1.82, 2.24) is 5.32 Å². The van der Waals surface area contributed by atoms with E-state index in [0.29, 0.717) is 5.56 Å². The summed E-state index contributed by atoms with van der Waals surface area (Å²) < 4.78 is 4.39. The van der Waals surface area contributed by atoms with E-state index in [-0.39, 0.29) is 11.3 Å². The van der Waals surface area contributed by atoms with Gasteiger partial charge in [-0.05, 0) is 18.6 Å². The number of carbonyl (C=O) groups is 2. The summed E-state index contributed by atoms with van der Waals surface area (Å²) in [5.74, 6) is -1.67. The van der Waals surface area contributed by atoms with Gasteiger partial charge in [-0.3, -0.25) is 14.9 Å². The topological polar surface area (TPSA) is 119 Å². The van der Waals surface area contributed by atoms with Crippen molar-refractivity contribution in [2.45, 2.75) is 13.0 Å². The molecule has 0 aliphatic rings. The van der Waals surface area contributed by atoms with Crippen LogP contribution in [0.25, 0.3) is 0 Å². The number of aliphatic hydroxyl groups excluding tert-OH is 1. The summed E-state index contributed by atoms with van der Waals surface area (Å²) in [7, 11) is 1.10. The molecule has 0 heterocycles. The number of nitro benzene ring substituents is 1. The maximum atomic E-state index is 12.0. The fourth-order valence-electron chi connectivity index (χ4n) is 1.55. The normalized spacial score (nSPS) is 11.6. The van der Waals surface area contributed by atoms with E-state index in [2.05, 4.69) is 10.1 Å². The first kappa shape index (κ1) is 15.6. The van der Waals surface area contributed by atoms with Gasteiger partial charge in [0, 0.05) is 6.07 Å². The summed E-state index contributed by atoms with van der Waals surface area (Å²) >= 11 is 0. The Bertz CT molecular complexity index is 543. The van der Waals surface area contributed by atoms with E-state index in [1.165, 1.54) is 18.2 Å². The van der Waals surface area contributed by atoms with Crippen LogP contribution in [-0.4, -0.2) is 41.7 Å². The van der Waals surface area contributed by atoms with Crippen LogP contribution >= 0.6 is 0 Å². The van der Waals surface area contributed by atoms with E-state index in [4.69, 9.17) is 5.11 Å². The molecular formula is C12H14N2O6. The highest BCUT2D eigenvalue weighted by atomic mass is 16.6. The maximum Gasteiger partial charge on any atom is 0.330 e. The third-order valence-electron chi connectivity index (χ3n) is 2.57. The molecule has 0 spiro atoms. The number of amides is 1. The van der Waals surface area contributed by atoms with Crippen molar-refractivity contribution in [2.24, 2.45) is 0 Å². The molecule has 0 saturated heterocycles. The predicted octanol–water partition coefficient (Wildman–Crippen LogP) is 0.167. The van der Waals surface area contributed by atoms with Crippen LogP contribution in [0.2, 0.25) is 0 Å². The van der Waals surface area contributed by atoms with E-state index >= 15 is 0 Å². The Labute approximate surface area is 114 Å². The van der Waals surface area contributed by atoms with Gasteiger partial charge in [0.1, 0.15) is 5.56 Å². The molecule has 0 aliphatic carbocycles. The van der Waals surface area contributed by atoms with Crippen molar-refractivity contribution in [1.29, 1.82) is 0 Å². The summed E-state index contributed by atoms with van der Waals surface area (Å²) in [6.45, 7) is 1.00. The molecule has 0 radical (unpaired) electrons. The van der Waals surface area contributed by atoms with E-state index in [1.54, 1.807) is 6.92 Å². The van der Waals surface area contributed by atoms with Crippen molar-refractivity contribution in [3.63, 3.8) is 0 Å². The van der Waals surface area contributed by atoms with Crippen LogP contribution in [0.3, 0.4) is 0 Å². The number of aryl methyl sites for hydroxylation is 1. The summed E-state index contributed by atoms with van der Waals surface area (Å²) in [6.07, 6.45) is 0. The number of nitro groups is 1. The maximum absolute atomic E-state index is 12.0. The average Bonchev–Trinajstić information content (AvgIpc) is 2.43. The lowest BCUT2D eigenvalue weighted by molar-refractivity contribution is -0.385. The number of nitrogens with zero attached hydrogens (tertiary/aromatic N) is 1. The minimum absolute atomic E-state index is 0.183. The van der Waals surface area contributed by atoms with Gasteiger partial charge >= 0.3 is 5.97 Å². The first-order valence-electron chi connectivity index (χ1n) is 5.65. The first-order chi connectivity index (χ1) is 9.40. The molecule has 1 atom stereocenters. The van der Waals surface area contributed by atoms with Crippen LogP contribution < -0.4 is 5.32 Å². The van der Waals surface area contributed by atoms with Gasteiger partial charge in [0.15, 0.2) is 6.04 Å². The van der Waals surface area contributed by atoms with E-state index in [0.717, 1.165) is 7.11 Å². The van der Waals surface area contributed by atoms with Gasteiger partial charge in [-0.15, -0.1) is 0 Å². The number of esters is 1. The standard InChI is InChI=1S/C12H14N2O6/c1-7-3-4-10(14(18)19)8(5-7)11(16)13-9(6-15)12(17)20-2/h3-5,9,15H,6H2,1-2H3,(H,13,16). The summed E-state index contributed by atoms with van der Waals surface area (Å²) in [4.78, 5) is 33.4. The van der Waals surface area contributed by atoms with Crippen LogP contribution in [0.4, 0.5) is 5.69 Å². The minimum atomic E-state index is -1.27. The second kappa shape index (κ2) is 6.62. The van der Waals surface area contributed by atoms with Crippen LogP contribution in [0.15, 0.2) is 18.2 Å². The largest absolute Gasteiger partial charge is 0.467 e. The molecule has 0 aliphatic heterocycles. The van der Waals surface area contributed by atoms with Gasteiger partial charge in [0.2, 0.25) is 0 Å². The Kier molecular flexibility index (Phi) is 5.15. The first-order valence-corrected chi connectivity index (χ1v) is 5.65. The molecule has 1 unspecified atom stereocenters. The molecule has 0 aromatic heterocycles. The quantitative estimate of drug-likeness (QED) is 0.451. The summed E-state index contributed by atoms with van der Waals surface area (Å²) in [5.41, 5.74) is 0.0892. The fraction of sp³-hybridized carbons (Fsp3) is 0.333. The highest BCUT2D eigenvalue weighted by molar-refractivity contribution is 6.00. The molecular weight excluding hydrogens is 268 g/mol. The van der Waals surface area contributed by atoms with Crippen molar-refractivity contribution >= 4 is 17.6 Å². The molecule has 1 amide bonds. The molecule has 0 saturated carbocycles. The molecule has 8 nitrogen and oxygen atoms in total. The Hall–Kier alpha value is -2.48.